The van der Waals surface area contributed by atoms with Crippen molar-refractivity contribution in [2.24, 2.45) is 26.9 Å². The van der Waals surface area contributed by atoms with Gasteiger partial charge in [0.1, 0.15) is 23.5 Å². The number of nitrogens with two attached hydrogens (primary N) is 1. The highest BCUT2D eigenvalue weighted by molar-refractivity contribution is 6.09. The molecule has 0 aliphatic carbocycles. The fourth-order valence-corrected chi connectivity index (χ4v) is 14.5. The van der Waals surface area contributed by atoms with Crippen LogP contribution in [0.25, 0.3) is 55.4 Å². The predicted molar refractivity (Wildman–Crippen MR) is 436 cm³/mol. The van der Waals surface area contributed by atoms with E-state index in [0.717, 1.165) is 82.9 Å². The molecule has 0 bridgehead atoms. The average Bonchev–Trinajstić information content (AvgIpc) is 1.57. The fraction of sp³-hybridized carbons (Fsp3) is 0.236. The van der Waals surface area contributed by atoms with Gasteiger partial charge < -0.3 is 40.7 Å². The third-order valence-electron chi connectivity index (χ3n) is 20.7. The molecule has 4 unspecified atom stereocenters. The molecule has 4 aliphatic heterocycles. The van der Waals surface area contributed by atoms with Crippen LogP contribution >= 0.6 is 0 Å². The summed E-state index contributed by atoms with van der Waals surface area (Å²) in [4.78, 5) is 54.4. The number of para-hydroxylation sites is 4. The van der Waals surface area contributed by atoms with Crippen LogP contribution in [0, 0.1) is 17.5 Å². The lowest BCUT2D eigenvalue weighted by Crippen LogP contribution is -2.50. The molecular weight excluding hydrogens is 1590 g/mol. The first-order valence-electron chi connectivity index (χ1n) is 36.1. The molecule has 0 saturated heterocycles. The summed E-state index contributed by atoms with van der Waals surface area (Å²) < 4.78 is 173. The van der Waals surface area contributed by atoms with E-state index in [4.69, 9.17) is 5.73 Å². The average molecular weight is 1680 g/mol. The molecule has 8 heterocycles. The SMILES string of the molecule is C.C.C.C.CC(C)n1cc(-c2ccc(CN3C(=O)C(N)c4ccccc43)c(F)c2)cn1.Cn1cc(-c2ccc(CN3C(=O)C(O)(C(F)(F)F)c4ccccc43)c(F)c2)cn1.Cn1cc(-c2ccc(CN3C(=O)C(O)(C(F)(F)F)c4ccccc43)cc2)cn1.Cn1cc2cc(-c3ccc(CN4C(=O)C(O)(C(F)(F)F)c5ccccc54)c(F)c3)ccc2n1. The van der Waals surface area contributed by atoms with E-state index in [9.17, 15) is 87.2 Å². The van der Waals surface area contributed by atoms with E-state index in [0.29, 0.717) is 27.8 Å². The van der Waals surface area contributed by atoms with Crippen LogP contribution in [-0.4, -0.2) is 96.6 Å². The van der Waals surface area contributed by atoms with Gasteiger partial charge in [-0.05, 0) is 102 Å². The van der Waals surface area contributed by atoms with Gasteiger partial charge in [0.25, 0.3) is 34.5 Å². The number of alkyl halides is 9. The predicted octanol–water partition coefficient (Wildman–Crippen LogP) is 17.9. The van der Waals surface area contributed by atoms with Crippen molar-refractivity contribution in [1.29, 1.82) is 0 Å². The lowest BCUT2D eigenvalue weighted by Gasteiger charge is -2.25. The summed E-state index contributed by atoms with van der Waals surface area (Å²) in [6, 6.07) is 48.8. The maximum Gasteiger partial charge on any atom is 0.430 e. The van der Waals surface area contributed by atoms with Gasteiger partial charge in [0.05, 0.1) is 67.3 Å². The molecule has 632 valence electrons. The number of aromatic nitrogens is 8. The van der Waals surface area contributed by atoms with Crippen molar-refractivity contribution in [2.45, 2.75) is 117 Å². The first-order chi connectivity index (χ1) is 55.4. The van der Waals surface area contributed by atoms with Gasteiger partial charge in [-0.1, -0.05) is 169 Å². The van der Waals surface area contributed by atoms with Crippen molar-refractivity contribution < 1.29 is 87.2 Å². The number of hydrogen-bond acceptors (Lipinski definition) is 12. The number of hydrogen-bond donors (Lipinski definition) is 4. The summed E-state index contributed by atoms with van der Waals surface area (Å²) in [7, 11) is 5.31. The van der Waals surface area contributed by atoms with Crippen molar-refractivity contribution in [2.75, 3.05) is 19.6 Å². The topological polar surface area (TPSA) is 239 Å². The molecule has 17 rings (SSSR count). The molecule has 4 amide bonds. The maximum atomic E-state index is 15.0. The third kappa shape index (κ3) is 16.5. The molecule has 20 nitrogen and oxygen atoms in total. The minimum atomic E-state index is -5.22. The second-order valence-corrected chi connectivity index (χ2v) is 28.6. The lowest BCUT2D eigenvalue weighted by molar-refractivity contribution is -0.253. The Balaban J connectivity index is 0.000000168. The van der Waals surface area contributed by atoms with Crippen LogP contribution in [0.3, 0.4) is 0 Å². The van der Waals surface area contributed by atoms with Crippen molar-refractivity contribution in [3.05, 3.63) is 299 Å². The van der Waals surface area contributed by atoms with Crippen LogP contribution < -0.4 is 25.3 Å². The van der Waals surface area contributed by atoms with Crippen LogP contribution in [0.15, 0.2) is 238 Å². The standard InChI is InChI=1S/C24H17F4N3O2.C21H21FN4O.C20H15F4N3O2.C20H16F3N3O2.4CH4/c1-30-12-17-10-14(8-9-20(17)29-30)15-6-7-16(19(25)11-15)13-31-21-5-3-2-4-18(21)23(33,22(31)32)24(26,27)28;1-13(2)26-12-16(10-24-26)14-7-8-15(18(22)9-14)11-25-19-6-4-3-5-17(19)20(23)21(25)27;1-26-10-14(9-25-26)12-6-7-13(16(21)8-12)11-27-17-5-3-2-4-15(17)19(29,18(27)28)20(22,23)24;1-25-12-15(10-24-25)14-8-6-13(7-9-14)11-26-17-5-3-2-4-16(17)19(28,18(26)27)20(21,22)23;;;;/h2-12,33H,13H2,1H3;3-10,12-13,20H,11,23H2,1-2H3;2-10,29H,11H2,1H3;2-10,12,28H,11H2,1H3;4*1H4. The Kier molecular flexibility index (Phi) is 25.6. The highest BCUT2D eigenvalue weighted by Crippen LogP contribution is 2.53. The Morgan fingerprint density at radius 3 is 1.14 bits per heavy atom. The quantitative estimate of drug-likeness (QED) is 0.0789. The number of aliphatic hydroxyl groups is 3. The zero-order chi connectivity index (χ0) is 83.8. The number of nitrogens with zero attached hydrogens (tertiary/aromatic N) is 12. The van der Waals surface area contributed by atoms with Gasteiger partial charge in [0.15, 0.2) is 0 Å². The number of benzene rings is 9. The monoisotopic (exact) mass is 1680 g/mol. The third-order valence-corrected chi connectivity index (χ3v) is 20.7. The van der Waals surface area contributed by atoms with E-state index < -0.39 is 101 Å². The zero-order valence-electron chi connectivity index (χ0n) is 62.5. The van der Waals surface area contributed by atoms with E-state index in [1.807, 2.05) is 91.7 Å². The largest absolute Gasteiger partial charge is 0.430 e. The second-order valence-electron chi connectivity index (χ2n) is 28.6. The Bertz CT molecular complexity index is 6020. The summed E-state index contributed by atoms with van der Waals surface area (Å²) in [6.07, 6.45) is -3.28. The van der Waals surface area contributed by atoms with Gasteiger partial charge in [-0.15, -0.1) is 0 Å². The molecule has 0 saturated carbocycles. The smallest absolute Gasteiger partial charge is 0.368 e. The highest BCUT2D eigenvalue weighted by atomic mass is 19.4. The molecule has 121 heavy (non-hydrogen) atoms. The van der Waals surface area contributed by atoms with E-state index in [2.05, 4.69) is 20.4 Å². The van der Waals surface area contributed by atoms with E-state index in [-0.39, 0.29) is 88.8 Å². The van der Waals surface area contributed by atoms with Gasteiger partial charge in [0.2, 0.25) is 5.91 Å². The van der Waals surface area contributed by atoms with Crippen LogP contribution in [-0.2, 0) is 83.3 Å². The Hall–Kier alpha value is -13.0. The first kappa shape index (κ1) is 90.3. The summed E-state index contributed by atoms with van der Waals surface area (Å²) >= 11 is 0. The van der Waals surface area contributed by atoms with E-state index in [1.54, 1.807) is 101 Å². The fourth-order valence-electron chi connectivity index (χ4n) is 14.5. The van der Waals surface area contributed by atoms with Crippen molar-refractivity contribution in [3.63, 3.8) is 0 Å². The van der Waals surface area contributed by atoms with Crippen LogP contribution in [0.1, 0.15) is 100 Å². The first-order valence-corrected chi connectivity index (χ1v) is 36.1. The van der Waals surface area contributed by atoms with Crippen LogP contribution in [0.5, 0.6) is 0 Å². The number of halogens is 12. The minimum Gasteiger partial charge on any atom is -0.368 e. The Labute approximate surface area is 688 Å². The van der Waals surface area contributed by atoms with Crippen molar-refractivity contribution in [3.8, 4) is 44.5 Å². The van der Waals surface area contributed by atoms with E-state index in [1.165, 1.54) is 84.9 Å². The van der Waals surface area contributed by atoms with Gasteiger partial charge in [-0.3, -0.25) is 37.9 Å². The van der Waals surface area contributed by atoms with Gasteiger partial charge in [-0.2, -0.15) is 59.9 Å². The molecule has 32 heteroatoms. The highest BCUT2D eigenvalue weighted by Gasteiger charge is 2.69. The Morgan fingerprint density at radius 1 is 0.397 bits per heavy atom. The van der Waals surface area contributed by atoms with Crippen molar-refractivity contribution in [1.82, 2.24) is 39.1 Å². The number of fused-ring (bicyclic) bond motifs is 5. The number of rotatable bonds is 13. The van der Waals surface area contributed by atoms with Crippen LogP contribution in [0.2, 0.25) is 0 Å². The minimum absolute atomic E-state index is 0. The summed E-state index contributed by atoms with van der Waals surface area (Å²) in [5, 5.41) is 48.4. The Morgan fingerprint density at radius 2 is 0.744 bits per heavy atom. The summed E-state index contributed by atoms with van der Waals surface area (Å²) in [5.41, 5.74) is 2.84. The van der Waals surface area contributed by atoms with E-state index >= 15 is 0 Å². The molecule has 4 aromatic heterocycles. The molecule has 0 spiro atoms. The number of anilines is 4. The van der Waals surface area contributed by atoms with Gasteiger partial charge in [-0.25, -0.2) is 13.2 Å². The molecule has 0 fully saturated rings. The van der Waals surface area contributed by atoms with Gasteiger partial charge >= 0.3 is 18.5 Å². The molecule has 0 radical (unpaired) electrons. The molecule has 5 N–H and O–H groups in total. The summed E-state index contributed by atoms with van der Waals surface area (Å²) in [5.74, 6) is -6.42. The molecular formula is C89H85F12N13O7. The molecule has 13 aromatic rings. The second kappa shape index (κ2) is 34.4. The number of amides is 4. The summed E-state index contributed by atoms with van der Waals surface area (Å²) in [6.45, 7) is 3.24. The number of aryl methyl sites for hydroxylation is 3. The van der Waals surface area contributed by atoms with Gasteiger partial charge in [0, 0.05) is 119 Å². The zero-order valence-corrected chi connectivity index (χ0v) is 62.5. The normalized spacial score (nSPS) is 17.6. The number of carbonyl (C=O) groups excluding carboxylic acids is 4. The molecule has 4 atom stereocenters. The lowest BCUT2D eigenvalue weighted by atomic mass is 9.95. The van der Waals surface area contributed by atoms with Crippen LogP contribution in [0.4, 0.5) is 75.4 Å². The molecule has 9 aromatic carbocycles. The molecule has 4 aliphatic rings. The van der Waals surface area contributed by atoms with Crippen molar-refractivity contribution >= 4 is 57.3 Å². The maximum absolute atomic E-state index is 15.0. The number of carbonyl (C=O) groups is 4.